The first-order valence-corrected chi connectivity index (χ1v) is 5.79. The standard InChI is InChI=1S/C11H16O8/c12-8(18-10(14)15)6-4-2-1-3-5-7-9(13)19-11(16)17/h1-7H2,(H,14,15)(H,16,17). The molecule has 0 amide bonds. The van der Waals surface area contributed by atoms with Gasteiger partial charge < -0.3 is 19.7 Å². The van der Waals surface area contributed by atoms with Crippen LogP contribution < -0.4 is 0 Å². The Kier molecular flexibility index (Phi) is 8.76. The van der Waals surface area contributed by atoms with E-state index in [0.717, 1.165) is 6.42 Å². The summed E-state index contributed by atoms with van der Waals surface area (Å²) in [5.74, 6) is -1.56. The van der Waals surface area contributed by atoms with E-state index in [9.17, 15) is 19.2 Å². The number of carboxylic acid groups (broad SMARTS) is 2. The van der Waals surface area contributed by atoms with Gasteiger partial charge in [-0.3, -0.25) is 9.59 Å². The lowest BCUT2D eigenvalue weighted by molar-refractivity contribution is -0.140. The lowest BCUT2D eigenvalue weighted by Crippen LogP contribution is -2.09. The number of rotatable bonds is 8. The molecule has 8 nitrogen and oxygen atoms in total. The van der Waals surface area contributed by atoms with Crippen LogP contribution in [0.5, 0.6) is 0 Å². The fraction of sp³-hybridized carbons (Fsp3) is 0.636. The van der Waals surface area contributed by atoms with Crippen LogP contribution in [-0.4, -0.2) is 34.5 Å². The van der Waals surface area contributed by atoms with Gasteiger partial charge in [-0.2, -0.15) is 0 Å². The molecule has 0 saturated carbocycles. The van der Waals surface area contributed by atoms with Crippen LogP contribution in [0.2, 0.25) is 0 Å². The van der Waals surface area contributed by atoms with Gasteiger partial charge in [0.1, 0.15) is 0 Å². The van der Waals surface area contributed by atoms with Gasteiger partial charge in [0.15, 0.2) is 0 Å². The summed E-state index contributed by atoms with van der Waals surface area (Å²) in [5.41, 5.74) is 0. The molecule has 0 rings (SSSR count). The molecule has 0 spiro atoms. The van der Waals surface area contributed by atoms with Crippen molar-refractivity contribution in [3.63, 3.8) is 0 Å². The summed E-state index contributed by atoms with van der Waals surface area (Å²) >= 11 is 0. The van der Waals surface area contributed by atoms with Crippen molar-refractivity contribution in [1.29, 1.82) is 0 Å². The number of hydrogen-bond acceptors (Lipinski definition) is 6. The Hall–Kier alpha value is -2.12. The molecule has 0 saturated heterocycles. The van der Waals surface area contributed by atoms with Gasteiger partial charge in [-0.05, 0) is 12.8 Å². The van der Waals surface area contributed by atoms with Crippen molar-refractivity contribution >= 4 is 24.2 Å². The third kappa shape index (κ3) is 12.1. The molecule has 19 heavy (non-hydrogen) atoms. The predicted molar refractivity (Wildman–Crippen MR) is 60.6 cm³/mol. The van der Waals surface area contributed by atoms with E-state index in [1.807, 2.05) is 0 Å². The maximum atomic E-state index is 10.8. The molecule has 0 fully saturated rings. The van der Waals surface area contributed by atoms with Crippen LogP contribution in [0.15, 0.2) is 0 Å². The maximum absolute atomic E-state index is 10.8. The highest BCUT2D eigenvalue weighted by Crippen LogP contribution is 2.08. The zero-order chi connectivity index (χ0) is 14.7. The molecule has 0 radical (unpaired) electrons. The molecule has 0 unspecified atom stereocenters. The largest absolute Gasteiger partial charge is 0.513 e. The third-order valence-electron chi connectivity index (χ3n) is 2.16. The van der Waals surface area contributed by atoms with Gasteiger partial charge >= 0.3 is 24.2 Å². The lowest BCUT2D eigenvalue weighted by atomic mass is 10.1. The molecule has 0 aliphatic carbocycles. The fourth-order valence-electron chi connectivity index (χ4n) is 1.37. The number of unbranched alkanes of at least 4 members (excludes halogenated alkanes) is 4. The van der Waals surface area contributed by atoms with E-state index >= 15 is 0 Å². The molecule has 0 bridgehead atoms. The second kappa shape index (κ2) is 9.86. The van der Waals surface area contributed by atoms with Crippen LogP contribution in [0.3, 0.4) is 0 Å². The minimum Gasteiger partial charge on any atom is -0.449 e. The summed E-state index contributed by atoms with van der Waals surface area (Å²) in [6, 6.07) is 0. The monoisotopic (exact) mass is 276 g/mol. The summed E-state index contributed by atoms with van der Waals surface area (Å²) in [4.78, 5) is 41.6. The Morgan fingerprint density at radius 2 is 0.947 bits per heavy atom. The first-order valence-electron chi connectivity index (χ1n) is 5.79. The van der Waals surface area contributed by atoms with Crippen LogP contribution in [0, 0.1) is 0 Å². The van der Waals surface area contributed by atoms with Crippen molar-refractivity contribution in [3.8, 4) is 0 Å². The number of carbonyl (C=O) groups excluding carboxylic acids is 2. The van der Waals surface area contributed by atoms with Crippen LogP contribution >= 0.6 is 0 Å². The van der Waals surface area contributed by atoms with Gasteiger partial charge in [-0.25, -0.2) is 9.59 Å². The Morgan fingerprint density at radius 3 is 1.26 bits per heavy atom. The van der Waals surface area contributed by atoms with Crippen LogP contribution in [0.25, 0.3) is 0 Å². The molecule has 8 heteroatoms. The van der Waals surface area contributed by atoms with Gasteiger partial charge in [0.25, 0.3) is 0 Å². The smallest absolute Gasteiger partial charge is 0.449 e. The summed E-state index contributed by atoms with van der Waals surface area (Å²) in [5, 5.41) is 16.3. The average Bonchev–Trinajstić information content (AvgIpc) is 2.25. The summed E-state index contributed by atoms with van der Waals surface area (Å²) in [6.07, 6.45) is 0.00775. The third-order valence-corrected chi connectivity index (χ3v) is 2.16. The minimum absolute atomic E-state index is 0.0351. The normalized spacial score (nSPS) is 9.68. The highest BCUT2D eigenvalue weighted by molar-refractivity contribution is 5.81. The molecule has 0 aromatic heterocycles. The lowest BCUT2D eigenvalue weighted by Gasteiger charge is -2.01. The van der Waals surface area contributed by atoms with E-state index in [1.54, 1.807) is 0 Å². The average molecular weight is 276 g/mol. The first-order chi connectivity index (χ1) is 8.91. The van der Waals surface area contributed by atoms with E-state index in [-0.39, 0.29) is 12.8 Å². The minimum atomic E-state index is -1.61. The van der Waals surface area contributed by atoms with Crippen molar-refractivity contribution in [1.82, 2.24) is 0 Å². The van der Waals surface area contributed by atoms with E-state index in [0.29, 0.717) is 25.7 Å². The molecular formula is C11H16O8. The Bertz CT molecular complexity index is 304. The molecule has 0 heterocycles. The molecule has 108 valence electrons. The Labute approximate surface area is 109 Å². The molecule has 0 aromatic rings. The van der Waals surface area contributed by atoms with Crippen molar-refractivity contribution in [2.45, 2.75) is 44.9 Å². The van der Waals surface area contributed by atoms with Gasteiger partial charge in [-0.1, -0.05) is 19.3 Å². The van der Waals surface area contributed by atoms with Crippen molar-refractivity contribution in [2.24, 2.45) is 0 Å². The molecule has 2 N–H and O–H groups in total. The Balaban J connectivity index is 3.36. The number of esters is 2. The van der Waals surface area contributed by atoms with Gasteiger partial charge in [-0.15, -0.1) is 0 Å². The number of hydrogen-bond donors (Lipinski definition) is 2. The summed E-state index contributed by atoms with van der Waals surface area (Å²) in [7, 11) is 0. The molecule has 0 aromatic carbocycles. The first kappa shape index (κ1) is 16.9. The molecular weight excluding hydrogens is 260 g/mol. The van der Waals surface area contributed by atoms with E-state index < -0.39 is 24.2 Å². The second-order valence-corrected chi connectivity index (χ2v) is 3.75. The SMILES string of the molecule is O=C(O)OC(=O)CCCCCCCC(=O)OC(=O)O. The van der Waals surface area contributed by atoms with E-state index in [4.69, 9.17) is 10.2 Å². The quantitative estimate of drug-likeness (QED) is 0.392. The van der Waals surface area contributed by atoms with Crippen molar-refractivity contribution < 1.29 is 38.9 Å². The zero-order valence-corrected chi connectivity index (χ0v) is 10.3. The number of carbonyl (C=O) groups is 4. The molecule has 0 aliphatic heterocycles. The van der Waals surface area contributed by atoms with Crippen LogP contribution in [-0.2, 0) is 19.1 Å². The zero-order valence-electron chi connectivity index (χ0n) is 10.3. The summed E-state index contributed by atoms with van der Waals surface area (Å²) < 4.78 is 7.81. The highest BCUT2D eigenvalue weighted by atomic mass is 16.7. The van der Waals surface area contributed by atoms with E-state index in [1.165, 1.54) is 0 Å². The fourth-order valence-corrected chi connectivity index (χ4v) is 1.37. The number of ether oxygens (including phenoxy) is 2. The van der Waals surface area contributed by atoms with Gasteiger partial charge in [0.05, 0.1) is 0 Å². The maximum Gasteiger partial charge on any atom is 0.513 e. The summed E-state index contributed by atoms with van der Waals surface area (Å²) in [6.45, 7) is 0. The van der Waals surface area contributed by atoms with E-state index in [2.05, 4.69) is 9.47 Å². The van der Waals surface area contributed by atoms with Gasteiger partial charge in [0.2, 0.25) is 0 Å². The van der Waals surface area contributed by atoms with Crippen molar-refractivity contribution in [2.75, 3.05) is 0 Å². The topological polar surface area (TPSA) is 127 Å². The predicted octanol–water partition coefficient (Wildman–Crippen LogP) is 2.16. The Morgan fingerprint density at radius 1 is 0.632 bits per heavy atom. The van der Waals surface area contributed by atoms with Crippen LogP contribution in [0.1, 0.15) is 44.9 Å². The van der Waals surface area contributed by atoms with Crippen molar-refractivity contribution in [3.05, 3.63) is 0 Å². The molecule has 0 atom stereocenters. The van der Waals surface area contributed by atoms with Gasteiger partial charge in [0, 0.05) is 12.8 Å². The highest BCUT2D eigenvalue weighted by Gasteiger charge is 2.08. The van der Waals surface area contributed by atoms with Crippen LogP contribution in [0.4, 0.5) is 9.59 Å². The second-order valence-electron chi connectivity index (χ2n) is 3.75. The molecule has 0 aliphatic rings.